The summed E-state index contributed by atoms with van der Waals surface area (Å²) in [7, 11) is 0. The first-order valence-electron chi connectivity index (χ1n) is 7.43. The molecule has 1 aliphatic heterocycles. The second-order valence-corrected chi connectivity index (χ2v) is 5.72. The summed E-state index contributed by atoms with van der Waals surface area (Å²) >= 11 is 0. The molecule has 0 bridgehead atoms. The maximum Gasteiger partial charge on any atom is 0.123 e. The van der Waals surface area contributed by atoms with Crippen molar-refractivity contribution in [2.45, 2.75) is 32.4 Å². The van der Waals surface area contributed by atoms with Gasteiger partial charge in [-0.2, -0.15) is 0 Å². The molecule has 3 N–H and O–H groups in total. The fourth-order valence-corrected chi connectivity index (χ4v) is 3.11. The molecule has 1 atom stereocenters. The SMILES string of the molecule is CC1CCc2ccccc2N1Cc1ccccc1C(=N)N. The molecule has 0 saturated carbocycles. The lowest BCUT2D eigenvalue weighted by Gasteiger charge is -2.37. The van der Waals surface area contributed by atoms with E-state index >= 15 is 0 Å². The first-order valence-corrected chi connectivity index (χ1v) is 7.43. The van der Waals surface area contributed by atoms with E-state index in [0.717, 1.165) is 24.1 Å². The molecular formula is C18H21N3. The van der Waals surface area contributed by atoms with Crippen LogP contribution in [-0.4, -0.2) is 11.9 Å². The summed E-state index contributed by atoms with van der Waals surface area (Å²) in [5.74, 6) is 0.142. The molecule has 0 aliphatic carbocycles. The van der Waals surface area contributed by atoms with Crippen LogP contribution in [-0.2, 0) is 13.0 Å². The van der Waals surface area contributed by atoms with E-state index in [1.54, 1.807) is 0 Å². The van der Waals surface area contributed by atoms with E-state index in [1.165, 1.54) is 17.7 Å². The lowest BCUT2D eigenvalue weighted by Crippen LogP contribution is -2.37. The van der Waals surface area contributed by atoms with Crippen molar-refractivity contribution in [2.24, 2.45) is 5.73 Å². The van der Waals surface area contributed by atoms with Gasteiger partial charge in [0.05, 0.1) is 0 Å². The van der Waals surface area contributed by atoms with Crippen LogP contribution in [0.25, 0.3) is 0 Å². The number of benzene rings is 2. The van der Waals surface area contributed by atoms with Gasteiger partial charge >= 0.3 is 0 Å². The number of nitrogens with two attached hydrogens (primary N) is 1. The average Bonchev–Trinajstić information content (AvgIpc) is 2.50. The number of rotatable bonds is 3. The number of aryl methyl sites for hydroxylation is 1. The summed E-state index contributed by atoms with van der Waals surface area (Å²) in [5, 5.41) is 7.75. The number of nitrogens with one attached hydrogen (secondary N) is 1. The van der Waals surface area contributed by atoms with Gasteiger partial charge in [-0.05, 0) is 37.0 Å². The predicted octanol–water partition coefficient (Wildman–Crippen LogP) is 3.31. The van der Waals surface area contributed by atoms with Crippen molar-refractivity contribution in [2.75, 3.05) is 4.90 Å². The van der Waals surface area contributed by atoms with Crippen molar-refractivity contribution >= 4 is 11.5 Å². The van der Waals surface area contributed by atoms with E-state index in [4.69, 9.17) is 11.1 Å². The maximum absolute atomic E-state index is 7.75. The smallest absolute Gasteiger partial charge is 0.123 e. The van der Waals surface area contributed by atoms with Gasteiger partial charge in [-0.15, -0.1) is 0 Å². The number of nitrogens with zero attached hydrogens (tertiary/aromatic N) is 1. The van der Waals surface area contributed by atoms with E-state index in [9.17, 15) is 0 Å². The van der Waals surface area contributed by atoms with Crippen molar-refractivity contribution in [3.8, 4) is 0 Å². The maximum atomic E-state index is 7.75. The van der Waals surface area contributed by atoms with Gasteiger partial charge < -0.3 is 10.6 Å². The third kappa shape index (κ3) is 2.64. The standard InChI is InChI=1S/C18H21N3/c1-13-10-11-14-6-3-5-9-17(14)21(13)12-15-7-2-4-8-16(15)18(19)20/h2-9,13H,10-12H2,1H3,(H3,19,20). The summed E-state index contributed by atoms with van der Waals surface area (Å²) in [5.41, 5.74) is 10.4. The summed E-state index contributed by atoms with van der Waals surface area (Å²) in [4.78, 5) is 2.43. The van der Waals surface area contributed by atoms with Crippen LogP contribution in [0, 0.1) is 5.41 Å². The molecule has 0 aromatic heterocycles. The largest absolute Gasteiger partial charge is 0.384 e. The molecule has 1 aliphatic rings. The van der Waals surface area contributed by atoms with E-state index in [2.05, 4.69) is 42.2 Å². The number of amidine groups is 1. The highest BCUT2D eigenvalue weighted by Crippen LogP contribution is 2.32. The van der Waals surface area contributed by atoms with Gasteiger partial charge in [-0.25, -0.2) is 0 Å². The molecule has 108 valence electrons. The zero-order valence-corrected chi connectivity index (χ0v) is 12.3. The molecule has 3 rings (SSSR count). The molecule has 0 radical (unpaired) electrons. The Labute approximate surface area is 125 Å². The summed E-state index contributed by atoms with van der Waals surface area (Å²) in [6.45, 7) is 3.07. The van der Waals surface area contributed by atoms with Crippen molar-refractivity contribution in [3.63, 3.8) is 0 Å². The second-order valence-electron chi connectivity index (χ2n) is 5.72. The van der Waals surface area contributed by atoms with Gasteiger partial charge in [0, 0.05) is 23.8 Å². The van der Waals surface area contributed by atoms with Crippen LogP contribution in [0.15, 0.2) is 48.5 Å². The average molecular weight is 279 g/mol. The number of hydrogen-bond acceptors (Lipinski definition) is 2. The Hall–Kier alpha value is -2.29. The van der Waals surface area contributed by atoms with Gasteiger partial charge in [0.2, 0.25) is 0 Å². The Morgan fingerprint density at radius 3 is 2.71 bits per heavy atom. The van der Waals surface area contributed by atoms with Crippen molar-refractivity contribution in [3.05, 3.63) is 65.2 Å². The number of nitrogen functional groups attached to an aromatic ring is 1. The van der Waals surface area contributed by atoms with Crippen molar-refractivity contribution < 1.29 is 0 Å². The van der Waals surface area contributed by atoms with E-state index in [0.29, 0.717) is 6.04 Å². The van der Waals surface area contributed by atoms with Crippen LogP contribution in [0.4, 0.5) is 5.69 Å². The summed E-state index contributed by atoms with van der Waals surface area (Å²) < 4.78 is 0. The number of para-hydroxylation sites is 1. The number of anilines is 1. The third-order valence-electron chi connectivity index (χ3n) is 4.31. The lowest BCUT2D eigenvalue weighted by atomic mass is 9.95. The van der Waals surface area contributed by atoms with Crippen LogP contribution in [0.2, 0.25) is 0 Å². The first-order chi connectivity index (χ1) is 10.2. The zero-order valence-electron chi connectivity index (χ0n) is 12.3. The van der Waals surface area contributed by atoms with Crippen molar-refractivity contribution in [1.82, 2.24) is 0 Å². The highest BCUT2D eigenvalue weighted by molar-refractivity contribution is 5.96. The van der Waals surface area contributed by atoms with Gasteiger partial charge in [-0.3, -0.25) is 5.41 Å². The molecule has 2 aromatic carbocycles. The van der Waals surface area contributed by atoms with Crippen LogP contribution in [0.5, 0.6) is 0 Å². The van der Waals surface area contributed by atoms with Crippen molar-refractivity contribution in [1.29, 1.82) is 5.41 Å². The molecule has 0 amide bonds. The van der Waals surface area contributed by atoms with E-state index in [1.807, 2.05) is 18.2 Å². The zero-order chi connectivity index (χ0) is 14.8. The van der Waals surface area contributed by atoms with Crippen LogP contribution in [0.1, 0.15) is 30.0 Å². The highest BCUT2D eigenvalue weighted by atomic mass is 15.2. The molecule has 0 saturated heterocycles. The third-order valence-corrected chi connectivity index (χ3v) is 4.31. The molecule has 0 fully saturated rings. The predicted molar refractivity (Wildman–Crippen MR) is 87.9 cm³/mol. The van der Waals surface area contributed by atoms with Gasteiger partial charge in [0.25, 0.3) is 0 Å². The normalized spacial score (nSPS) is 17.4. The molecule has 0 spiro atoms. The van der Waals surface area contributed by atoms with Crippen LogP contribution < -0.4 is 10.6 Å². The van der Waals surface area contributed by atoms with Gasteiger partial charge in [0.15, 0.2) is 0 Å². The molecule has 21 heavy (non-hydrogen) atoms. The molecule has 3 nitrogen and oxygen atoms in total. The topological polar surface area (TPSA) is 53.1 Å². The second kappa shape index (κ2) is 5.60. The monoisotopic (exact) mass is 279 g/mol. The van der Waals surface area contributed by atoms with Crippen LogP contribution in [0.3, 0.4) is 0 Å². The number of fused-ring (bicyclic) bond motifs is 1. The Morgan fingerprint density at radius 1 is 1.19 bits per heavy atom. The molecular weight excluding hydrogens is 258 g/mol. The minimum Gasteiger partial charge on any atom is -0.384 e. The Morgan fingerprint density at radius 2 is 1.90 bits per heavy atom. The fraction of sp³-hybridized carbons (Fsp3) is 0.278. The van der Waals surface area contributed by atoms with Gasteiger partial charge in [-0.1, -0.05) is 42.5 Å². The van der Waals surface area contributed by atoms with Gasteiger partial charge in [0.1, 0.15) is 5.84 Å². The molecule has 1 unspecified atom stereocenters. The Bertz CT molecular complexity index is 663. The molecule has 1 heterocycles. The van der Waals surface area contributed by atoms with Crippen LogP contribution >= 0.6 is 0 Å². The summed E-state index contributed by atoms with van der Waals surface area (Å²) in [6, 6.07) is 17.1. The molecule has 2 aromatic rings. The minimum atomic E-state index is 0.142. The highest BCUT2D eigenvalue weighted by Gasteiger charge is 2.23. The van der Waals surface area contributed by atoms with E-state index in [-0.39, 0.29) is 5.84 Å². The Balaban J connectivity index is 1.97. The first kappa shape index (κ1) is 13.7. The minimum absolute atomic E-state index is 0.142. The summed E-state index contributed by atoms with van der Waals surface area (Å²) in [6.07, 6.45) is 2.31. The Kier molecular flexibility index (Phi) is 3.65. The molecule has 3 heteroatoms. The fourth-order valence-electron chi connectivity index (χ4n) is 3.11. The number of hydrogen-bond donors (Lipinski definition) is 2. The van der Waals surface area contributed by atoms with E-state index < -0.39 is 0 Å². The quantitative estimate of drug-likeness (QED) is 0.669. The lowest BCUT2D eigenvalue weighted by molar-refractivity contribution is 0.560.